The van der Waals surface area contributed by atoms with Crippen molar-refractivity contribution in [3.05, 3.63) is 35.9 Å². The third-order valence-corrected chi connectivity index (χ3v) is 3.48. The Morgan fingerprint density at radius 3 is 2.39 bits per heavy atom. The lowest BCUT2D eigenvalue weighted by atomic mass is 10.2. The van der Waals surface area contributed by atoms with Gasteiger partial charge in [0.25, 0.3) is 0 Å². The Labute approximate surface area is 163 Å². The molecule has 0 aliphatic carbocycles. The molecule has 9 heteroatoms. The Balaban J connectivity index is 2.23. The first-order chi connectivity index (χ1) is 13.5. The number of esters is 3. The van der Waals surface area contributed by atoms with E-state index in [1.165, 1.54) is 7.11 Å². The van der Waals surface area contributed by atoms with Gasteiger partial charge in [-0.05, 0) is 25.3 Å². The quantitative estimate of drug-likeness (QED) is 0.261. The summed E-state index contributed by atoms with van der Waals surface area (Å²) in [7, 11) is 1.29. The molecule has 0 heterocycles. The summed E-state index contributed by atoms with van der Waals surface area (Å²) >= 11 is 0. The van der Waals surface area contributed by atoms with E-state index >= 15 is 0 Å². The molecule has 1 N–H and O–H groups in total. The Bertz CT molecular complexity index is 647. The fraction of sp³-hybridized carbons (Fsp3) is 0.474. The van der Waals surface area contributed by atoms with Gasteiger partial charge in [0, 0.05) is 13.7 Å². The van der Waals surface area contributed by atoms with Crippen LogP contribution < -0.4 is 5.32 Å². The van der Waals surface area contributed by atoms with Crippen LogP contribution in [0.15, 0.2) is 30.3 Å². The number of carbonyl (C=O) groups is 4. The molecule has 0 bridgehead atoms. The van der Waals surface area contributed by atoms with Gasteiger partial charge >= 0.3 is 24.0 Å². The number of carbonyl (C=O) groups excluding carboxylic acids is 4. The molecule has 154 valence electrons. The van der Waals surface area contributed by atoms with E-state index < -0.39 is 36.5 Å². The second-order valence-corrected chi connectivity index (χ2v) is 5.63. The average molecular weight is 395 g/mol. The number of hydrogen-bond acceptors (Lipinski definition) is 8. The third-order valence-electron chi connectivity index (χ3n) is 3.48. The van der Waals surface area contributed by atoms with Crippen molar-refractivity contribution in [3.8, 4) is 0 Å². The fourth-order valence-electron chi connectivity index (χ4n) is 2.13. The zero-order valence-corrected chi connectivity index (χ0v) is 16.0. The highest BCUT2D eigenvalue weighted by Gasteiger charge is 2.23. The van der Waals surface area contributed by atoms with Crippen molar-refractivity contribution in [2.75, 3.05) is 20.3 Å². The monoisotopic (exact) mass is 395 g/mol. The molecule has 1 aromatic rings. The van der Waals surface area contributed by atoms with Crippen molar-refractivity contribution in [2.24, 2.45) is 0 Å². The maximum atomic E-state index is 11.9. The minimum atomic E-state index is -1.01. The highest BCUT2D eigenvalue weighted by atomic mass is 16.6. The summed E-state index contributed by atoms with van der Waals surface area (Å²) in [6.07, 6.45) is -1.62. The van der Waals surface area contributed by atoms with Crippen molar-refractivity contribution in [1.29, 1.82) is 0 Å². The van der Waals surface area contributed by atoms with Crippen molar-refractivity contribution in [2.45, 2.75) is 38.9 Å². The molecule has 0 aliphatic rings. The van der Waals surface area contributed by atoms with Gasteiger partial charge in [0.1, 0.15) is 13.0 Å². The second-order valence-electron chi connectivity index (χ2n) is 5.63. The Morgan fingerprint density at radius 1 is 1.04 bits per heavy atom. The SMILES string of the molecule is CCOC(=O)CC(=O)OC(=O)C(CCCNC(=O)OCc1ccccc1)OC. The van der Waals surface area contributed by atoms with Gasteiger partial charge in [0.05, 0.1) is 6.61 Å². The normalized spacial score (nSPS) is 11.2. The largest absolute Gasteiger partial charge is 0.466 e. The minimum Gasteiger partial charge on any atom is -0.466 e. The number of benzene rings is 1. The molecule has 0 saturated heterocycles. The molecular formula is C19H25NO8. The van der Waals surface area contributed by atoms with E-state index in [-0.39, 0.29) is 26.2 Å². The lowest BCUT2D eigenvalue weighted by Gasteiger charge is -2.13. The summed E-state index contributed by atoms with van der Waals surface area (Å²) in [6, 6.07) is 9.23. The smallest absolute Gasteiger partial charge is 0.407 e. The number of alkyl carbamates (subject to hydrolysis) is 1. The van der Waals surface area contributed by atoms with E-state index in [0.29, 0.717) is 6.42 Å². The summed E-state index contributed by atoms with van der Waals surface area (Å²) in [4.78, 5) is 46.2. The molecule has 0 spiro atoms. The van der Waals surface area contributed by atoms with E-state index in [0.717, 1.165) is 5.56 Å². The van der Waals surface area contributed by atoms with Gasteiger partial charge in [-0.25, -0.2) is 9.59 Å². The van der Waals surface area contributed by atoms with E-state index in [9.17, 15) is 19.2 Å². The number of nitrogens with one attached hydrogen (secondary N) is 1. The summed E-state index contributed by atoms with van der Waals surface area (Å²) in [5, 5.41) is 2.56. The van der Waals surface area contributed by atoms with Gasteiger partial charge in [-0.2, -0.15) is 0 Å². The highest BCUT2D eigenvalue weighted by molar-refractivity contribution is 5.97. The van der Waals surface area contributed by atoms with Crippen molar-refractivity contribution in [3.63, 3.8) is 0 Å². The molecule has 1 atom stereocenters. The van der Waals surface area contributed by atoms with Crippen LogP contribution in [-0.4, -0.2) is 50.4 Å². The van der Waals surface area contributed by atoms with Crippen molar-refractivity contribution >= 4 is 24.0 Å². The second kappa shape index (κ2) is 13.3. The van der Waals surface area contributed by atoms with Crippen molar-refractivity contribution in [1.82, 2.24) is 5.32 Å². The first-order valence-corrected chi connectivity index (χ1v) is 8.83. The summed E-state index contributed by atoms with van der Waals surface area (Å²) in [5.41, 5.74) is 0.868. The van der Waals surface area contributed by atoms with E-state index in [1.807, 2.05) is 30.3 Å². The number of rotatable bonds is 11. The van der Waals surface area contributed by atoms with Crippen LogP contribution in [0.2, 0.25) is 0 Å². The van der Waals surface area contributed by atoms with Crippen LogP contribution in [0, 0.1) is 0 Å². The standard InChI is InChI=1S/C19H25NO8/c1-3-26-16(21)12-17(22)28-18(23)15(25-2)10-7-11-20-19(24)27-13-14-8-5-4-6-9-14/h4-6,8-9,15H,3,7,10-13H2,1-2H3,(H,20,24). The van der Waals surface area contributed by atoms with Gasteiger partial charge in [-0.3, -0.25) is 9.59 Å². The van der Waals surface area contributed by atoms with Crippen LogP contribution in [0.25, 0.3) is 0 Å². The molecule has 1 unspecified atom stereocenters. The molecule has 1 aromatic carbocycles. The van der Waals surface area contributed by atoms with E-state index in [4.69, 9.17) is 9.47 Å². The zero-order valence-electron chi connectivity index (χ0n) is 16.0. The summed E-state index contributed by atoms with van der Waals surface area (Å²) < 4.78 is 19.2. The predicted octanol–water partition coefficient (Wildman–Crippen LogP) is 1.73. The van der Waals surface area contributed by atoms with Crippen LogP contribution in [0.4, 0.5) is 4.79 Å². The average Bonchev–Trinajstić information content (AvgIpc) is 2.67. The van der Waals surface area contributed by atoms with Gasteiger partial charge < -0.3 is 24.3 Å². The predicted molar refractivity (Wildman–Crippen MR) is 97.0 cm³/mol. The van der Waals surface area contributed by atoms with Crippen LogP contribution in [0.3, 0.4) is 0 Å². The van der Waals surface area contributed by atoms with Gasteiger partial charge in [0.2, 0.25) is 0 Å². The highest BCUT2D eigenvalue weighted by Crippen LogP contribution is 2.05. The molecule has 0 aliphatic heterocycles. The molecule has 1 amide bonds. The molecule has 28 heavy (non-hydrogen) atoms. The molecule has 0 saturated carbocycles. The first kappa shape index (κ1) is 23.1. The molecule has 0 fully saturated rings. The zero-order chi connectivity index (χ0) is 20.8. The maximum absolute atomic E-state index is 11.9. The topological polar surface area (TPSA) is 117 Å². The summed E-state index contributed by atoms with van der Waals surface area (Å²) in [5.74, 6) is -2.68. The molecule has 0 radical (unpaired) electrons. The van der Waals surface area contributed by atoms with Gasteiger partial charge in [-0.15, -0.1) is 0 Å². The van der Waals surface area contributed by atoms with E-state index in [2.05, 4.69) is 14.8 Å². The number of methoxy groups -OCH3 is 1. The lowest BCUT2D eigenvalue weighted by molar-refractivity contribution is -0.169. The van der Waals surface area contributed by atoms with Crippen molar-refractivity contribution < 1.29 is 38.1 Å². The lowest BCUT2D eigenvalue weighted by Crippen LogP contribution is -2.31. The third kappa shape index (κ3) is 9.67. The van der Waals surface area contributed by atoms with E-state index in [1.54, 1.807) is 6.92 Å². The molecule has 0 aromatic heterocycles. The van der Waals surface area contributed by atoms with Crippen LogP contribution >= 0.6 is 0 Å². The molecular weight excluding hydrogens is 370 g/mol. The summed E-state index contributed by atoms with van der Waals surface area (Å²) in [6.45, 7) is 2.13. The van der Waals surface area contributed by atoms with Crippen LogP contribution in [0.5, 0.6) is 0 Å². The Kier molecular flexibility index (Phi) is 10.9. The molecule has 9 nitrogen and oxygen atoms in total. The fourth-order valence-corrected chi connectivity index (χ4v) is 2.13. The molecule has 1 rings (SSSR count). The number of ether oxygens (including phenoxy) is 4. The number of hydrogen-bond donors (Lipinski definition) is 1. The minimum absolute atomic E-state index is 0.127. The number of amides is 1. The maximum Gasteiger partial charge on any atom is 0.407 e. The van der Waals surface area contributed by atoms with Gasteiger partial charge in [-0.1, -0.05) is 30.3 Å². The first-order valence-electron chi connectivity index (χ1n) is 8.83. The Hall–Kier alpha value is -2.94. The van der Waals surface area contributed by atoms with Gasteiger partial charge in [0.15, 0.2) is 6.10 Å². The van der Waals surface area contributed by atoms with Crippen LogP contribution in [0.1, 0.15) is 31.7 Å². The Morgan fingerprint density at radius 2 is 1.75 bits per heavy atom. The van der Waals surface area contributed by atoms with Crippen LogP contribution in [-0.2, 0) is 39.9 Å².